The van der Waals surface area contributed by atoms with Crippen molar-refractivity contribution in [2.75, 3.05) is 6.54 Å². The maximum atomic E-state index is 12.8. The van der Waals surface area contributed by atoms with Crippen LogP contribution in [0.5, 0.6) is 0 Å². The molecule has 3 nitrogen and oxygen atoms in total. The molecule has 0 bridgehead atoms. The Balaban J connectivity index is 1.55. The van der Waals surface area contributed by atoms with Gasteiger partial charge < -0.3 is 4.90 Å². The van der Waals surface area contributed by atoms with Crippen LogP contribution in [-0.2, 0) is 13.0 Å². The monoisotopic (exact) mass is 320 g/mol. The Morgan fingerprint density at radius 3 is 2.57 bits per heavy atom. The van der Waals surface area contributed by atoms with Gasteiger partial charge in [0.15, 0.2) is 0 Å². The van der Waals surface area contributed by atoms with Crippen LogP contribution in [0.1, 0.15) is 20.8 Å². The molecular weight excluding hydrogens is 304 g/mol. The summed E-state index contributed by atoms with van der Waals surface area (Å²) in [4.78, 5) is 19.8. The lowest BCUT2D eigenvalue weighted by atomic mass is 10.00. The van der Waals surface area contributed by atoms with Crippen molar-refractivity contribution in [1.29, 1.82) is 0 Å². The van der Waals surface area contributed by atoms with Gasteiger partial charge in [0.1, 0.15) is 9.88 Å². The first-order chi connectivity index (χ1) is 11.3. The highest BCUT2D eigenvalue weighted by Gasteiger charge is 2.23. The molecule has 23 heavy (non-hydrogen) atoms. The number of amides is 1. The Morgan fingerprint density at radius 1 is 1.00 bits per heavy atom. The normalized spacial score (nSPS) is 13.7. The lowest BCUT2D eigenvalue weighted by molar-refractivity contribution is 0.0739. The van der Waals surface area contributed by atoms with Crippen LogP contribution in [0.15, 0.2) is 60.8 Å². The van der Waals surface area contributed by atoms with Gasteiger partial charge in [-0.1, -0.05) is 54.6 Å². The maximum absolute atomic E-state index is 12.8. The highest BCUT2D eigenvalue weighted by Crippen LogP contribution is 2.27. The van der Waals surface area contributed by atoms with Gasteiger partial charge in [0.25, 0.3) is 5.91 Å². The predicted octanol–water partition coefficient (Wildman–Crippen LogP) is 4.01. The molecule has 4 rings (SSSR count). The first-order valence-electron chi connectivity index (χ1n) is 7.68. The number of rotatable bonds is 2. The fourth-order valence-corrected chi connectivity index (χ4v) is 3.80. The summed E-state index contributed by atoms with van der Waals surface area (Å²) in [6.07, 6.45) is 2.63. The minimum absolute atomic E-state index is 0.0826. The van der Waals surface area contributed by atoms with Crippen LogP contribution in [0, 0.1) is 0 Å². The van der Waals surface area contributed by atoms with Crippen LogP contribution in [0.25, 0.3) is 10.6 Å². The van der Waals surface area contributed by atoms with Crippen molar-refractivity contribution in [3.63, 3.8) is 0 Å². The molecule has 2 aromatic carbocycles. The minimum Gasteiger partial charge on any atom is -0.333 e. The van der Waals surface area contributed by atoms with E-state index in [0.29, 0.717) is 11.4 Å². The van der Waals surface area contributed by atoms with Crippen molar-refractivity contribution in [1.82, 2.24) is 9.88 Å². The molecule has 0 saturated heterocycles. The number of carbonyl (C=O) groups excluding carboxylic acids is 1. The van der Waals surface area contributed by atoms with Crippen LogP contribution in [0.2, 0.25) is 0 Å². The van der Waals surface area contributed by atoms with E-state index in [2.05, 4.69) is 23.2 Å². The molecule has 1 aliphatic heterocycles. The van der Waals surface area contributed by atoms with Crippen LogP contribution in [0.4, 0.5) is 0 Å². The molecule has 2 heterocycles. The molecular formula is C19H16N2OS. The summed E-state index contributed by atoms with van der Waals surface area (Å²) in [5.41, 5.74) is 3.66. The quantitative estimate of drug-likeness (QED) is 0.715. The molecule has 3 aromatic rings. The smallest absolute Gasteiger partial charge is 0.265 e. The minimum atomic E-state index is 0.0826. The molecule has 4 heteroatoms. The molecule has 0 N–H and O–H groups in total. The van der Waals surface area contributed by atoms with E-state index in [0.717, 1.165) is 23.5 Å². The van der Waals surface area contributed by atoms with Crippen molar-refractivity contribution >= 4 is 17.2 Å². The second kappa shape index (κ2) is 5.97. The molecule has 0 radical (unpaired) electrons. The first kappa shape index (κ1) is 14.2. The fraction of sp³-hybridized carbons (Fsp3) is 0.158. The molecule has 0 unspecified atom stereocenters. The number of aromatic nitrogens is 1. The maximum Gasteiger partial charge on any atom is 0.265 e. The summed E-state index contributed by atoms with van der Waals surface area (Å²) in [5.74, 6) is 0.0826. The van der Waals surface area contributed by atoms with E-state index in [9.17, 15) is 4.79 Å². The zero-order valence-corrected chi connectivity index (χ0v) is 13.4. The third-order valence-corrected chi connectivity index (χ3v) is 5.19. The van der Waals surface area contributed by atoms with Gasteiger partial charge in [-0.15, -0.1) is 11.3 Å². The Morgan fingerprint density at radius 2 is 1.74 bits per heavy atom. The second-order valence-corrected chi connectivity index (χ2v) is 6.67. The number of thiazole rings is 1. The van der Waals surface area contributed by atoms with Crippen LogP contribution in [-0.4, -0.2) is 22.3 Å². The predicted molar refractivity (Wildman–Crippen MR) is 92.4 cm³/mol. The summed E-state index contributed by atoms with van der Waals surface area (Å²) < 4.78 is 0. The van der Waals surface area contributed by atoms with E-state index in [1.807, 2.05) is 41.3 Å². The number of hydrogen-bond acceptors (Lipinski definition) is 3. The molecule has 0 atom stereocenters. The van der Waals surface area contributed by atoms with Gasteiger partial charge in [-0.25, -0.2) is 4.98 Å². The number of carbonyl (C=O) groups is 1. The number of hydrogen-bond donors (Lipinski definition) is 0. The van der Waals surface area contributed by atoms with Crippen molar-refractivity contribution in [2.24, 2.45) is 0 Å². The number of benzene rings is 2. The van der Waals surface area contributed by atoms with Gasteiger partial charge in [0.05, 0.1) is 6.20 Å². The molecule has 114 valence electrons. The Kier molecular flexibility index (Phi) is 3.67. The largest absolute Gasteiger partial charge is 0.333 e. The number of nitrogens with zero attached hydrogens (tertiary/aromatic N) is 2. The van der Waals surface area contributed by atoms with E-state index in [1.54, 1.807) is 6.20 Å². The number of fused-ring (bicyclic) bond motifs is 1. The molecule has 0 aliphatic carbocycles. The fourth-order valence-electron chi connectivity index (χ4n) is 2.91. The van der Waals surface area contributed by atoms with E-state index < -0.39 is 0 Å². The zero-order chi connectivity index (χ0) is 15.6. The molecule has 1 amide bonds. The van der Waals surface area contributed by atoms with Crippen LogP contribution < -0.4 is 0 Å². The van der Waals surface area contributed by atoms with E-state index in [-0.39, 0.29) is 5.91 Å². The molecule has 1 aliphatic rings. The third-order valence-electron chi connectivity index (χ3n) is 4.16. The van der Waals surface area contributed by atoms with Gasteiger partial charge in [-0.2, -0.15) is 0 Å². The zero-order valence-electron chi connectivity index (χ0n) is 12.6. The molecule has 0 fully saturated rings. The highest BCUT2D eigenvalue weighted by molar-refractivity contribution is 7.16. The average molecular weight is 320 g/mol. The molecule has 0 spiro atoms. The van der Waals surface area contributed by atoms with Crippen LogP contribution in [0.3, 0.4) is 0 Å². The van der Waals surface area contributed by atoms with E-state index in [1.165, 1.54) is 22.5 Å². The summed E-state index contributed by atoms with van der Waals surface area (Å²) in [7, 11) is 0. The van der Waals surface area contributed by atoms with Gasteiger partial charge in [0, 0.05) is 18.7 Å². The molecule has 1 aromatic heterocycles. The van der Waals surface area contributed by atoms with Crippen molar-refractivity contribution in [2.45, 2.75) is 13.0 Å². The van der Waals surface area contributed by atoms with Gasteiger partial charge in [-0.3, -0.25) is 4.79 Å². The first-order valence-corrected chi connectivity index (χ1v) is 8.50. The summed E-state index contributed by atoms with van der Waals surface area (Å²) in [6, 6.07) is 18.3. The van der Waals surface area contributed by atoms with Crippen molar-refractivity contribution < 1.29 is 4.79 Å². The summed E-state index contributed by atoms with van der Waals surface area (Å²) in [5, 5.41) is 0.895. The van der Waals surface area contributed by atoms with Crippen molar-refractivity contribution in [3.8, 4) is 10.6 Å². The third kappa shape index (κ3) is 2.78. The highest BCUT2D eigenvalue weighted by atomic mass is 32.1. The summed E-state index contributed by atoms with van der Waals surface area (Å²) >= 11 is 1.47. The lowest BCUT2D eigenvalue weighted by Crippen LogP contribution is -2.35. The van der Waals surface area contributed by atoms with Gasteiger partial charge in [-0.05, 0) is 17.5 Å². The Hall–Kier alpha value is -2.46. The summed E-state index contributed by atoms with van der Waals surface area (Å²) in [6.45, 7) is 1.46. The second-order valence-electron chi connectivity index (χ2n) is 5.64. The lowest BCUT2D eigenvalue weighted by Gasteiger charge is -2.28. The van der Waals surface area contributed by atoms with Crippen molar-refractivity contribution in [3.05, 3.63) is 76.8 Å². The van der Waals surface area contributed by atoms with E-state index >= 15 is 0 Å². The Labute approximate surface area is 139 Å². The van der Waals surface area contributed by atoms with E-state index in [4.69, 9.17) is 0 Å². The van der Waals surface area contributed by atoms with Gasteiger partial charge in [0.2, 0.25) is 0 Å². The Bertz CT molecular complexity index is 841. The standard InChI is InChI=1S/C19H16N2OS/c22-19(21-11-10-14-6-4-5-9-16(14)13-21)17-12-20-18(23-17)15-7-2-1-3-8-15/h1-9,12H,10-11,13H2. The average Bonchev–Trinajstić information content (AvgIpc) is 3.11. The van der Waals surface area contributed by atoms with Gasteiger partial charge >= 0.3 is 0 Å². The van der Waals surface area contributed by atoms with Crippen LogP contribution >= 0.6 is 11.3 Å². The SMILES string of the molecule is O=C(c1cnc(-c2ccccc2)s1)N1CCc2ccccc2C1. The topological polar surface area (TPSA) is 33.2 Å². The molecule has 0 saturated carbocycles.